The Balaban J connectivity index is 2.09. The number of rotatable bonds is 7. The van der Waals surface area contributed by atoms with E-state index in [1.165, 1.54) is 32.6 Å². The van der Waals surface area contributed by atoms with Crippen LogP contribution in [0.2, 0.25) is 0 Å². The van der Waals surface area contributed by atoms with Gasteiger partial charge in [-0.05, 0) is 12.1 Å². The molecule has 22 heavy (non-hydrogen) atoms. The fourth-order valence-electron chi connectivity index (χ4n) is 1.91. The van der Waals surface area contributed by atoms with Gasteiger partial charge < -0.3 is 13.9 Å². The minimum absolute atomic E-state index is 0.0622. The van der Waals surface area contributed by atoms with Crippen LogP contribution in [0, 0.1) is 6.92 Å². The highest BCUT2D eigenvalue weighted by Crippen LogP contribution is 2.28. The Hall–Kier alpha value is -2.06. The van der Waals surface area contributed by atoms with Crippen LogP contribution in [-0.4, -0.2) is 34.2 Å². The van der Waals surface area contributed by atoms with Crippen LogP contribution in [0.25, 0.3) is 0 Å². The first kappa shape index (κ1) is 16.3. The van der Waals surface area contributed by atoms with E-state index in [0.717, 1.165) is 0 Å². The summed E-state index contributed by atoms with van der Waals surface area (Å²) >= 11 is 0. The Kier molecular flexibility index (Phi) is 5.04. The van der Waals surface area contributed by atoms with Crippen LogP contribution < -0.4 is 14.2 Å². The number of sulfonamides is 1. The predicted molar refractivity (Wildman–Crippen MR) is 79.7 cm³/mol. The van der Waals surface area contributed by atoms with Crippen LogP contribution in [0.3, 0.4) is 0 Å². The maximum Gasteiger partial charge on any atom is 0.244 e. The summed E-state index contributed by atoms with van der Waals surface area (Å²) in [4.78, 5) is 4.18. The van der Waals surface area contributed by atoms with E-state index in [2.05, 4.69) is 9.71 Å². The molecule has 0 fully saturated rings. The van der Waals surface area contributed by atoms with Crippen molar-refractivity contribution in [3.8, 4) is 11.5 Å². The molecular formula is C14H18N2O5S. The van der Waals surface area contributed by atoms with Crippen LogP contribution in [0.15, 0.2) is 33.8 Å². The van der Waals surface area contributed by atoms with E-state index < -0.39 is 10.0 Å². The lowest BCUT2D eigenvalue weighted by molar-refractivity contribution is 0.386. The van der Waals surface area contributed by atoms with Crippen molar-refractivity contribution in [2.24, 2.45) is 0 Å². The van der Waals surface area contributed by atoms with Crippen molar-refractivity contribution >= 4 is 10.0 Å². The van der Waals surface area contributed by atoms with Gasteiger partial charge >= 0.3 is 0 Å². The maximum atomic E-state index is 12.3. The zero-order chi connectivity index (χ0) is 16.2. The second-order valence-corrected chi connectivity index (χ2v) is 6.26. The molecular weight excluding hydrogens is 308 g/mol. The van der Waals surface area contributed by atoms with Gasteiger partial charge in [-0.2, -0.15) is 0 Å². The third kappa shape index (κ3) is 3.77. The van der Waals surface area contributed by atoms with Crippen molar-refractivity contribution in [2.45, 2.75) is 18.2 Å². The van der Waals surface area contributed by atoms with Crippen molar-refractivity contribution < 1.29 is 22.3 Å². The fourth-order valence-corrected chi connectivity index (χ4v) is 3.09. The Bertz CT molecular complexity index is 739. The van der Waals surface area contributed by atoms with Gasteiger partial charge in [0.1, 0.15) is 22.7 Å². The summed E-state index contributed by atoms with van der Waals surface area (Å²) in [7, 11) is -0.771. The van der Waals surface area contributed by atoms with E-state index in [1.54, 1.807) is 13.0 Å². The summed E-state index contributed by atoms with van der Waals surface area (Å²) in [5, 5.41) is 0. The van der Waals surface area contributed by atoms with Gasteiger partial charge in [0.15, 0.2) is 5.89 Å². The van der Waals surface area contributed by atoms with Crippen LogP contribution in [0.4, 0.5) is 0 Å². The number of aromatic nitrogens is 1. The van der Waals surface area contributed by atoms with Crippen molar-refractivity contribution in [1.29, 1.82) is 0 Å². The van der Waals surface area contributed by atoms with Crippen molar-refractivity contribution in [1.82, 2.24) is 9.71 Å². The molecule has 2 rings (SSSR count). The number of ether oxygens (including phenoxy) is 2. The number of methoxy groups -OCH3 is 2. The second-order valence-electron chi connectivity index (χ2n) is 4.52. The molecule has 0 spiro atoms. The average Bonchev–Trinajstić information content (AvgIpc) is 2.91. The molecule has 1 heterocycles. The van der Waals surface area contributed by atoms with Crippen LogP contribution in [-0.2, 0) is 16.4 Å². The maximum absolute atomic E-state index is 12.3. The van der Waals surface area contributed by atoms with Crippen molar-refractivity contribution in [2.75, 3.05) is 20.8 Å². The van der Waals surface area contributed by atoms with Gasteiger partial charge in [-0.15, -0.1) is 0 Å². The molecule has 0 amide bonds. The summed E-state index contributed by atoms with van der Waals surface area (Å²) in [5.74, 6) is 1.30. The molecule has 0 atom stereocenters. The number of benzene rings is 1. The van der Waals surface area contributed by atoms with E-state index in [-0.39, 0.29) is 17.2 Å². The third-order valence-electron chi connectivity index (χ3n) is 3.00. The molecule has 0 saturated heterocycles. The SMILES string of the molecule is COc1ccc(S(=O)(=O)NCCc2coc(C)n2)c(OC)c1. The molecule has 7 nitrogen and oxygen atoms in total. The smallest absolute Gasteiger partial charge is 0.244 e. The minimum Gasteiger partial charge on any atom is -0.497 e. The topological polar surface area (TPSA) is 90.7 Å². The van der Waals surface area contributed by atoms with Gasteiger partial charge in [-0.1, -0.05) is 0 Å². The molecule has 0 bridgehead atoms. The molecule has 0 saturated carbocycles. The van der Waals surface area contributed by atoms with E-state index in [0.29, 0.717) is 23.8 Å². The Morgan fingerprint density at radius 1 is 1.27 bits per heavy atom. The highest BCUT2D eigenvalue weighted by atomic mass is 32.2. The molecule has 0 radical (unpaired) electrons. The monoisotopic (exact) mass is 326 g/mol. The van der Waals surface area contributed by atoms with Gasteiger partial charge in [0, 0.05) is 26.0 Å². The molecule has 120 valence electrons. The number of nitrogens with zero attached hydrogens (tertiary/aromatic N) is 1. The zero-order valence-electron chi connectivity index (χ0n) is 12.6. The zero-order valence-corrected chi connectivity index (χ0v) is 13.4. The molecule has 8 heteroatoms. The lowest BCUT2D eigenvalue weighted by Crippen LogP contribution is -2.26. The number of hydrogen-bond donors (Lipinski definition) is 1. The highest BCUT2D eigenvalue weighted by molar-refractivity contribution is 7.89. The lowest BCUT2D eigenvalue weighted by atomic mass is 10.3. The van der Waals surface area contributed by atoms with Crippen LogP contribution >= 0.6 is 0 Å². The van der Waals surface area contributed by atoms with Gasteiger partial charge in [0.25, 0.3) is 0 Å². The first-order chi connectivity index (χ1) is 10.5. The van der Waals surface area contributed by atoms with Crippen LogP contribution in [0.1, 0.15) is 11.6 Å². The van der Waals surface area contributed by atoms with Gasteiger partial charge in [0.05, 0.1) is 19.9 Å². The summed E-state index contributed by atoms with van der Waals surface area (Å²) in [5.41, 5.74) is 0.696. The van der Waals surface area contributed by atoms with Gasteiger partial charge in [-0.25, -0.2) is 18.1 Å². The average molecular weight is 326 g/mol. The minimum atomic E-state index is -3.68. The quantitative estimate of drug-likeness (QED) is 0.829. The van der Waals surface area contributed by atoms with Crippen molar-refractivity contribution in [3.63, 3.8) is 0 Å². The number of oxazole rings is 1. The lowest BCUT2D eigenvalue weighted by Gasteiger charge is -2.11. The predicted octanol–water partition coefficient (Wildman–Crippen LogP) is 1.52. The molecule has 0 unspecified atom stereocenters. The van der Waals surface area contributed by atoms with E-state index in [4.69, 9.17) is 13.9 Å². The standard InChI is InChI=1S/C14H18N2O5S/c1-10-16-11(9-21-10)6-7-15-22(17,18)14-5-4-12(19-2)8-13(14)20-3/h4-5,8-9,15H,6-7H2,1-3H3. The summed E-state index contributed by atoms with van der Waals surface area (Å²) in [6.45, 7) is 1.94. The van der Waals surface area contributed by atoms with E-state index in [9.17, 15) is 8.42 Å². The molecule has 1 aromatic carbocycles. The van der Waals surface area contributed by atoms with E-state index in [1.807, 2.05) is 0 Å². The van der Waals surface area contributed by atoms with Crippen molar-refractivity contribution in [3.05, 3.63) is 36.0 Å². The molecule has 1 aromatic heterocycles. The molecule has 2 aromatic rings. The fraction of sp³-hybridized carbons (Fsp3) is 0.357. The Morgan fingerprint density at radius 2 is 2.05 bits per heavy atom. The van der Waals surface area contributed by atoms with Crippen LogP contribution in [0.5, 0.6) is 11.5 Å². The first-order valence-electron chi connectivity index (χ1n) is 6.59. The third-order valence-corrected chi connectivity index (χ3v) is 4.50. The summed E-state index contributed by atoms with van der Waals surface area (Å²) < 4.78 is 42.4. The highest BCUT2D eigenvalue weighted by Gasteiger charge is 2.19. The summed E-state index contributed by atoms with van der Waals surface area (Å²) in [6.07, 6.45) is 1.95. The number of nitrogens with one attached hydrogen (secondary N) is 1. The normalized spacial score (nSPS) is 11.4. The summed E-state index contributed by atoms with van der Waals surface area (Å²) in [6, 6.07) is 4.54. The largest absolute Gasteiger partial charge is 0.497 e. The second kappa shape index (κ2) is 6.80. The Morgan fingerprint density at radius 3 is 2.64 bits per heavy atom. The van der Waals surface area contributed by atoms with Gasteiger partial charge in [-0.3, -0.25) is 0 Å². The molecule has 1 N–H and O–H groups in total. The molecule has 0 aliphatic rings. The Labute approximate surface area is 129 Å². The first-order valence-corrected chi connectivity index (χ1v) is 8.07. The molecule has 0 aliphatic heterocycles. The van der Waals surface area contributed by atoms with E-state index >= 15 is 0 Å². The number of hydrogen-bond acceptors (Lipinski definition) is 6. The molecule has 0 aliphatic carbocycles. The van der Waals surface area contributed by atoms with Gasteiger partial charge in [0.2, 0.25) is 10.0 Å². The number of aryl methyl sites for hydroxylation is 1.